The highest BCUT2D eigenvalue weighted by Gasteiger charge is 2.22. The molecule has 0 aliphatic heterocycles. The summed E-state index contributed by atoms with van der Waals surface area (Å²) in [6, 6.07) is 16.4. The van der Waals surface area contributed by atoms with E-state index in [0.29, 0.717) is 0 Å². The monoisotopic (exact) mass is 593 g/mol. The molecule has 0 aliphatic rings. The van der Waals surface area contributed by atoms with E-state index in [9.17, 15) is 44.7 Å². The highest BCUT2D eigenvalue weighted by molar-refractivity contribution is 5.99. The fourth-order valence-corrected chi connectivity index (χ4v) is 4.08. The third kappa shape index (κ3) is 8.86. The molecule has 0 heterocycles. The number of hydrogen-bond acceptors (Lipinski definition) is 10. The van der Waals surface area contributed by atoms with Gasteiger partial charge in [0.1, 0.15) is 16.7 Å². The predicted molar refractivity (Wildman–Crippen MR) is 153 cm³/mol. The van der Waals surface area contributed by atoms with Crippen molar-refractivity contribution >= 4 is 34.8 Å². The molecule has 3 amide bonds. The minimum Gasteiger partial charge on any atom is -0.351 e. The molecule has 16 nitrogen and oxygen atoms in total. The van der Waals surface area contributed by atoms with Crippen molar-refractivity contribution in [2.45, 2.75) is 0 Å². The predicted octanol–water partition coefficient (Wildman–Crippen LogP) is 2.30. The number of nitrogens with zero attached hydrogens (tertiary/aromatic N) is 4. The Balaban J connectivity index is 1.63. The Bertz CT molecular complexity index is 1350. The van der Waals surface area contributed by atoms with Gasteiger partial charge in [0.25, 0.3) is 34.8 Å². The lowest BCUT2D eigenvalue weighted by atomic mass is 10.1. The molecule has 3 N–H and O–H groups in total. The average Bonchev–Trinajstić information content (AvgIpc) is 3.00. The zero-order chi connectivity index (χ0) is 31.4. The second-order valence-corrected chi connectivity index (χ2v) is 8.93. The van der Waals surface area contributed by atoms with Gasteiger partial charge in [0.2, 0.25) is 0 Å². The summed E-state index contributed by atoms with van der Waals surface area (Å²) >= 11 is 0. The summed E-state index contributed by atoms with van der Waals surface area (Å²) in [5.74, 6) is -2.00. The Morgan fingerprint density at radius 1 is 0.512 bits per heavy atom. The molecule has 0 spiro atoms. The van der Waals surface area contributed by atoms with Crippen molar-refractivity contribution in [3.05, 3.63) is 120 Å². The third-order valence-electron chi connectivity index (χ3n) is 6.18. The number of nitro benzene ring substituents is 3. The molecule has 0 atom stereocenters. The smallest absolute Gasteiger partial charge is 0.282 e. The van der Waals surface area contributed by atoms with Crippen LogP contribution in [-0.4, -0.2) is 76.7 Å². The molecule has 0 bridgehead atoms. The van der Waals surface area contributed by atoms with Crippen LogP contribution in [0.1, 0.15) is 31.1 Å². The first-order valence-corrected chi connectivity index (χ1v) is 12.9. The van der Waals surface area contributed by atoms with Crippen LogP contribution in [0, 0.1) is 30.3 Å². The Labute approximate surface area is 244 Å². The summed E-state index contributed by atoms with van der Waals surface area (Å²) < 4.78 is 0. The summed E-state index contributed by atoms with van der Waals surface area (Å²) in [6.07, 6.45) is 0. The van der Waals surface area contributed by atoms with Gasteiger partial charge in [-0.1, -0.05) is 36.4 Å². The number of amides is 3. The Morgan fingerprint density at radius 2 is 0.767 bits per heavy atom. The lowest BCUT2D eigenvalue weighted by Gasteiger charge is -2.23. The first-order chi connectivity index (χ1) is 20.6. The maximum atomic E-state index is 12.6. The van der Waals surface area contributed by atoms with E-state index in [4.69, 9.17) is 0 Å². The minimum absolute atomic E-state index is 0.0427. The van der Waals surface area contributed by atoms with Crippen LogP contribution < -0.4 is 16.0 Å². The molecule has 0 fully saturated rings. The average molecular weight is 594 g/mol. The first-order valence-electron chi connectivity index (χ1n) is 12.9. The highest BCUT2D eigenvalue weighted by atomic mass is 16.6. The molecular formula is C27H27N7O9. The topological polar surface area (TPSA) is 220 Å². The lowest BCUT2D eigenvalue weighted by molar-refractivity contribution is -0.385. The molecule has 0 radical (unpaired) electrons. The van der Waals surface area contributed by atoms with Gasteiger partial charge in [-0.2, -0.15) is 0 Å². The van der Waals surface area contributed by atoms with Crippen molar-refractivity contribution in [2.75, 3.05) is 39.3 Å². The lowest BCUT2D eigenvalue weighted by Crippen LogP contribution is -2.43. The summed E-state index contributed by atoms with van der Waals surface area (Å²) in [7, 11) is 0. The standard InChI is InChI=1S/C27H27N7O9/c35-25(19-7-1-4-10-22(19)32(38)39)28-13-16-31(17-14-29-26(36)20-8-2-5-11-23(20)33(40)41)18-15-30-27(37)21-9-3-6-12-24(21)34(42)43/h1-12H,13-18H2,(H,28,35)(H,29,36)(H,30,37). The number of carbonyl (C=O) groups is 3. The van der Waals surface area contributed by atoms with Crippen LogP contribution in [0.4, 0.5) is 17.1 Å². The van der Waals surface area contributed by atoms with E-state index < -0.39 is 32.5 Å². The van der Waals surface area contributed by atoms with E-state index in [1.165, 1.54) is 72.8 Å². The van der Waals surface area contributed by atoms with E-state index in [-0.39, 0.29) is 73.0 Å². The van der Waals surface area contributed by atoms with Crippen molar-refractivity contribution in [3.8, 4) is 0 Å². The number of para-hydroxylation sites is 3. The molecule has 16 heteroatoms. The van der Waals surface area contributed by atoms with E-state index in [2.05, 4.69) is 16.0 Å². The molecule has 3 aromatic carbocycles. The molecular weight excluding hydrogens is 566 g/mol. The fraction of sp³-hybridized carbons (Fsp3) is 0.222. The van der Waals surface area contributed by atoms with Crippen LogP contribution in [0.15, 0.2) is 72.8 Å². The van der Waals surface area contributed by atoms with Gasteiger partial charge >= 0.3 is 0 Å². The van der Waals surface area contributed by atoms with Gasteiger partial charge in [-0.15, -0.1) is 0 Å². The molecule has 0 aliphatic carbocycles. The van der Waals surface area contributed by atoms with Gasteiger partial charge in [0, 0.05) is 57.5 Å². The molecule has 3 rings (SSSR count). The van der Waals surface area contributed by atoms with Gasteiger partial charge in [-0.3, -0.25) is 49.6 Å². The SMILES string of the molecule is O=C(NCCN(CCNC(=O)c1ccccc1[N+](=O)[O-])CCNC(=O)c1ccccc1[N+](=O)[O-])c1ccccc1[N+](=O)[O-]. The molecule has 0 aromatic heterocycles. The largest absolute Gasteiger partial charge is 0.351 e. The maximum Gasteiger partial charge on any atom is 0.282 e. The quantitative estimate of drug-likeness (QED) is 0.172. The zero-order valence-corrected chi connectivity index (χ0v) is 22.6. The number of rotatable bonds is 15. The van der Waals surface area contributed by atoms with Crippen molar-refractivity contribution in [1.29, 1.82) is 0 Å². The van der Waals surface area contributed by atoms with Crippen LogP contribution in [0.3, 0.4) is 0 Å². The van der Waals surface area contributed by atoms with Crippen LogP contribution in [-0.2, 0) is 0 Å². The van der Waals surface area contributed by atoms with Gasteiger partial charge < -0.3 is 16.0 Å². The van der Waals surface area contributed by atoms with Crippen LogP contribution >= 0.6 is 0 Å². The summed E-state index contributed by atoms with van der Waals surface area (Å²) in [5.41, 5.74) is -1.42. The van der Waals surface area contributed by atoms with Crippen LogP contribution in [0.2, 0.25) is 0 Å². The second kappa shape index (κ2) is 15.3. The van der Waals surface area contributed by atoms with Gasteiger partial charge in [0.05, 0.1) is 14.8 Å². The molecule has 0 saturated heterocycles. The number of nitrogens with one attached hydrogen (secondary N) is 3. The van der Waals surface area contributed by atoms with Crippen molar-refractivity contribution in [2.24, 2.45) is 0 Å². The minimum atomic E-state index is -0.666. The summed E-state index contributed by atoms with van der Waals surface area (Å²) in [6.45, 7) is 0.697. The molecule has 3 aromatic rings. The highest BCUT2D eigenvalue weighted by Crippen LogP contribution is 2.19. The van der Waals surface area contributed by atoms with Crippen molar-refractivity contribution in [1.82, 2.24) is 20.9 Å². The van der Waals surface area contributed by atoms with Crippen LogP contribution in [0.25, 0.3) is 0 Å². The van der Waals surface area contributed by atoms with Gasteiger partial charge in [-0.05, 0) is 18.2 Å². The Hall–Kier alpha value is -5.77. The van der Waals surface area contributed by atoms with E-state index in [0.717, 1.165) is 0 Å². The summed E-state index contributed by atoms with van der Waals surface area (Å²) in [5, 5.41) is 41.6. The van der Waals surface area contributed by atoms with Gasteiger partial charge in [0.15, 0.2) is 0 Å². The van der Waals surface area contributed by atoms with Gasteiger partial charge in [-0.25, -0.2) is 0 Å². The van der Waals surface area contributed by atoms with Crippen molar-refractivity contribution < 1.29 is 29.2 Å². The summed E-state index contributed by atoms with van der Waals surface area (Å²) in [4.78, 5) is 71.3. The third-order valence-corrected chi connectivity index (χ3v) is 6.18. The van der Waals surface area contributed by atoms with Crippen LogP contribution in [0.5, 0.6) is 0 Å². The number of nitro groups is 3. The number of benzene rings is 3. The Kier molecular flexibility index (Phi) is 11.3. The second-order valence-electron chi connectivity index (χ2n) is 8.93. The number of hydrogen-bond donors (Lipinski definition) is 3. The van der Waals surface area contributed by atoms with Crippen molar-refractivity contribution in [3.63, 3.8) is 0 Å². The molecule has 43 heavy (non-hydrogen) atoms. The number of carbonyl (C=O) groups excluding carboxylic acids is 3. The first kappa shape index (κ1) is 31.8. The fourth-order valence-electron chi connectivity index (χ4n) is 4.08. The maximum absolute atomic E-state index is 12.6. The van der Waals surface area contributed by atoms with E-state index in [1.54, 1.807) is 4.90 Å². The normalized spacial score (nSPS) is 10.5. The Morgan fingerprint density at radius 3 is 1.02 bits per heavy atom. The van der Waals surface area contributed by atoms with E-state index in [1.807, 2.05) is 0 Å². The molecule has 224 valence electrons. The van der Waals surface area contributed by atoms with E-state index >= 15 is 0 Å². The molecule has 0 saturated carbocycles. The zero-order valence-electron chi connectivity index (χ0n) is 22.6. The molecule has 0 unspecified atom stereocenters.